The zero-order chi connectivity index (χ0) is 18.6. The lowest BCUT2D eigenvalue weighted by Gasteiger charge is -2.19. The van der Waals surface area contributed by atoms with E-state index in [1.54, 1.807) is 24.3 Å². The molecule has 0 aromatic heterocycles. The summed E-state index contributed by atoms with van der Waals surface area (Å²) in [6.07, 6.45) is 2.03. The fraction of sp³-hybridized carbons (Fsp3) is 0.316. The maximum absolute atomic E-state index is 12.7. The van der Waals surface area contributed by atoms with Crippen LogP contribution in [0.3, 0.4) is 0 Å². The molecule has 26 heavy (non-hydrogen) atoms. The molecule has 2 aromatic rings. The van der Waals surface area contributed by atoms with E-state index in [2.05, 4.69) is 5.32 Å². The molecule has 1 heterocycles. The van der Waals surface area contributed by atoms with Crippen molar-refractivity contribution in [2.75, 3.05) is 24.5 Å². The number of carbonyl (C=O) groups is 1. The van der Waals surface area contributed by atoms with Gasteiger partial charge in [0.25, 0.3) is 15.9 Å². The largest absolute Gasteiger partial charge is 0.376 e. The molecule has 0 aliphatic carbocycles. The number of rotatable bonds is 6. The van der Waals surface area contributed by atoms with Crippen LogP contribution in [0.1, 0.15) is 23.2 Å². The lowest BCUT2D eigenvalue weighted by molar-refractivity contribution is 0.0857. The van der Waals surface area contributed by atoms with Crippen LogP contribution in [-0.4, -0.2) is 40.6 Å². The number of nitrogens with one attached hydrogen (secondary N) is 1. The average Bonchev–Trinajstić information content (AvgIpc) is 3.20. The van der Waals surface area contributed by atoms with Gasteiger partial charge in [0.05, 0.1) is 16.7 Å². The minimum absolute atomic E-state index is 0.0677. The van der Waals surface area contributed by atoms with Gasteiger partial charge in [-0.3, -0.25) is 9.10 Å². The van der Waals surface area contributed by atoms with Crippen molar-refractivity contribution in [2.24, 2.45) is 0 Å². The summed E-state index contributed by atoms with van der Waals surface area (Å²) in [4.78, 5) is 12.3. The molecule has 0 bridgehead atoms. The number of nitrogens with zero attached hydrogens (tertiary/aromatic N) is 1. The SMILES string of the molecule is CN(c1ccccc1)S(=O)(=O)c1ccc(C(=O)NC[C@H]2CCCO2)cc1. The van der Waals surface area contributed by atoms with Crippen molar-refractivity contribution in [1.29, 1.82) is 0 Å². The van der Waals surface area contributed by atoms with Crippen LogP contribution in [0.15, 0.2) is 59.5 Å². The highest BCUT2D eigenvalue weighted by atomic mass is 32.2. The maximum Gasteiger partial charge on any atom is 0.264 e. The Kier molecular flexibility index (Phi) is 5.58. The Labute approximate surface area is 153 Å². The van der Waals surface area contributed by atoms with Crippen molar-refractivity contribution in [1.82, 2.24) is 5.32 Å². The Bertz CT molecular complexity index is 845. The van der Waals surface area contributed by atoms with Gasteiger partial charge in [0.15, 0.2) is 0 Å². The first-order valence-electron chi connectivity index (χ1n) is 8.52. The first-order valence-corrected chi connectivity index (χ1v) is 9.96. The summed E-state index contributed by atoms with van der Waals surface area (Å²) in [5.74, 6) is -0.235. The van der Waals surface area contributed by atoms with Crippen molar-refractivity contribution in [3.8, 4) is 0 Å². The van der Waals surface area contributed by atoms with Gasteiger partial charge in [0.1, 0.15) is 0 Å². The molecule has 0 spiro atoms. The highest BCUT2D eigenvalue weighted by Crippen LogP contribution is 2.22. The predicted molar refractivity (Wildman–Crippen MR) is 99.8 cm³/mol. The van der Waals surface area contributed by atoms with Gasteiger partial charge >= 0.3 is 0 Å². The van der Waals surface area contributed by atoms with E-state index in [-0.39, 0.29) is 16.9 Å². The fourth-order valence-electron chi connectivity index (χ4n) is 2.83. The number of amides is 1. The Morgan fingerprint density at radius 2 is 1.85 bits per heavy atom. The smallest absolute Gasteiger partial charge is 0.264 e. The number of hydrogen-bond donors (Lipinski definition) is 1. The second kappa shape index (κ2) is 7.88. The number of para-hydroxylation sites is 1. The normalized spacial score (nSPS) is 17.0. The predicted octanol–water partition coefficient (Wildman–Crippen LogP) is 2.42. The molecule has 3 rings (SSSR count). The molecule has 1 aliphatic rings. The highest BCUT2D eigenvalue weighted by molar-refractivity contribution is 7.92. The van der Waals surface area contributed by atoms with E-state index in [0.29, 0.717) is 17.8 Å². The van der Waals surface area contributed by atoms with Crippen LogP contribution >= 0.6 is 0 Å². The number of benzene rings is 2. The van der Waals surface area contributed by atoms with Crippen LogP contribution in [-0.2, 0) is 14.8 Å². The van der Waals surface area contributed by atoms with Gasteiger partial charge in [0, 0.05) is 25.8 Å². The lowest BCUT2D eigenvalue weighted by Crippen LogP contribution is -2.31. The van der Waals surface area contributed by atoms with Crippen molar-refractivity contribution < 1.29 is 17.9 Å². The molecule has 1 saturated heterocycles. The quantitative estimate of drug-likeness (QED) is 0.843. The van der Waals surface area contributed by atoms with Crippen LogP contribution in [0.2, 0.25) is 0 Å². The molecular formula is C19H22N2O4S. The number of hydrogen-bond acceptors (Lipinski definition) is 4. The van der Waals surface area contributed by atoms with Gasteiger partial charge < -0.3 is 10.1 Å². The van der Waals surface area contributed by atoms with Gasteiger partial charge in [-0.25, -0.2) is 8.42 Å². The van der Waals surface area contributed by atoms with Crippen LogP contribution in [0.5, 0.6) is 0 Å². The summed E-state index contributed by atoms with van der Waals surface area (Å²) >= 11 is 0. The van der Waals surface area contributed by atoms with Crippen molar-refractivity contribution >= 4 is 21.6 Å². The molecule has 138 valence electrons. The molecule has 1 N–H and O–H groups in total. The molecule has 1 fully saturated rings. The third-order valence-electron chi connectivity index (χ3n) is 4.41. The summed E-state index contributed by atoms with van der Waals surface area (Å²) in [5.41, 5.74) is 0.996. The molecule has 6 nitrogen and oxygen atoms in total. The molecule has 1 amide bonds. The van der Waals surface area contributed by atoms with Gasteiger partial charge in [-0.15, -0.1) is 0 Å². The van der Waals surface area contributed by atoms with Crippen molar-refractivity contribution in [3.63, 3.8) is 0 Å². The fourth-order valence-corrected chi connectivity index (χ4v) is 4.02. The second-order valence-corrected chi connectivity index (χ2v) is 8.15. The summed E-state index contributed by atoms with van der Waals surface area (Å²) in [7, 11) is -2.17. The molecule has 2 aromatic carbocycles. The molecule has 7 heteroatoms. The summed E-state index contributed by atoms with van der Waals surface area (Å²) in [6.45, 7) is 1.21. The van der Waals surface area contributed by atoms with E-state index in [1.807, 2.05) is 6.07 Å². The second-order valence-electron chi connectivity index (χ2n) is 6.18. The minimum atomic E-state index is -3.68. The zero-order valence-electron chi connectivity index (χ0n) is 14.6. The van der Waals surface area contributed by atoms with Gasteiger partial charge in [-0.2, -0.15) is 0 Å². The summed E-state index contributed by atoms with van der Waals surface area (Å²) < 4.78 is 32.1. The standard InChI is InChI=1S/C19H22N2O4S/c1-21(16-6-3-2-4-7-16)26(23,24)18-11-9-15(10-12-18)19(22)20-14-17-8-5-13-25-17/h2-4,6-7,9-12,17H,5,8,13-14H2,1H3,(H,20,22)/t17-/m1/s1. The Hall–Kier alpha value is -2.38. The zero-order valence-corrected chi connectivity index (χ0v) is 15.4. The summed E-state index contributed by atoms with van der Waals surface area (Å²) in [5, 5.41) is 2.82. The molecule has 0 unspecified atom stereocenters. The molecule has 1 aliphatic heterocycles. The molecule has 1 atom stereocenters. The average molecular weight is 374 g/mol. The van der Waals surface area contributed by atoms with E-state index < -0.39 is 10.0 Å². The van der Waals surface area contributed by atoms with Crippen molar-refractivity contribution in [3.05, 3.63) is 60.2 Å². The minimum Gasteiger partial charge on any atom is -0.376 e. The molecule has 0 saturated carbocycles. The highest BCUT2D eigenvalue weighted by Gasteiger charge is 2.22. The van der Waals surface area contributed by atoms with E-state index in [1.165, 1.54) is 35.6 Å². The topological polar surface area (TPSA) is 75.7 Å². The van der Waals surface area contributed by atoms with Crippen LogP contribution in [0, 0.1) is 0 Å². The van der Waals surface area contributed by atoms with Gasteiger partial charge in [-0.05, 0) is 49.2 Å². The first-order chi connectivity index (χ1) is 12.5. The number of carbonyl (C=O) groups excluding carboxylic acids is 1. The molecular weight excluding hydrogens is 352 g/mol. The van der Waals surface area contributed by atoms with Crippen LogP contribution < -0.4 is 9.62 Å². The number of sulfonamides is 1. The summed E-state index contributed by atoms with van der Waals surface area (Å²) in [6, 6.07) is 14.8. The number of ether oxygens (including phenoxy) is 1. The Balaban J connectivity index is 1.69. The monoisotopic (exact) mass is 374 g/mol. The third kappa shape index (κ3) is 4.05. The van der Waals surface area contributed by atoms with Crippen LogP contribution in [0.25, 0.3) is 0 Å². The Morgan fingerprint density at radius 3 is 2.46 bits per heavy atom. The van der Waals surface area contributed by atoms with E-state index >= 15 is 0 Å². The lowest BCUT2D eigenvalue weighted by atomic mass is 10.2. The van der Waals surface area contributed by atoms with Crippen LogP contribution in [0.4, 0.5) is 5.69 Å². The van der Waals surface area contributed by atoms with Gasteiger partial charge in [0.2, 0.25) is 0 Å². The number of anilines is 1. The van der Waals surface area contributed by atoms with E-state index in [9.17, 15) is 13.2 Å². The maximum atomic E-state index is 12.7. The Morgan fingerprint density at radius 1 is 1.15 bits per heavy atom. The van der Waals surface area contributed by atoms with Gasteiger partial charge in [-0.1, -0.05) is 18.2 Å². The van der Waals surface area contributed by atoms with E-state index in [4.69, 9.17) is 4.74 Å². The third-order valence-corrected chi connectivity index (χ3v) is 6.21. The van der Waals surface area contributed by atoms with E-state index in [0.717, 1.165) is 19.4 Å². The van der Waals surface area contributed by atoms with Crippen molar-refractivity contribution in [2.45, 2.75) is 23.8 Å². The molecule has 0 radical (unpaired) electrons. The first kappa shape index (κ1) is 18.4.